The zero-order chi connectivity index (χ0) is 12.8. The predicted octanol–water partition coefficient (Wildman–Crippen LogP) is 1.21. The molecule has 2 rings (SSSR count). The van der Waals surface area contributed by atoms with Gasteiger partial charge in [-0.15, -0.1) is 0 Å². The van der Waals surface area contributed by atoms with E-state index in [1.54, 1.807) is 0 Å². The van der Waals surface area contributed by atoms with Crippen molar-refractivity contribution in [1.82, 2.24) is 10.1 Å². The summed E-state index contributed by atoms with van der Waals surface area (Å²) in [7, 11) is 0. The van der Waals surface area contributed by atoms with Crippen molar-refractivity contribution in [2.75, 3.05) is 11.9 Å². The van der Waals surface area contributed by atoms with Gasteiger partial charge < -0.3 is 15.6 Å². The average Bonchev–Trinajstić information content (AvgIpc) is 2.85. The van der Waals surface area contributed by atoms with Crippen molar-refractivity contribution in [2.24, 2.45) is 5.73 Å². The fourth-order valence-electron chi connectivity index (χ4n) is 1.48. The van der Waals surface area contributed by atoms with Gasteiger partial charge in [0.15, 0.2) is 0 Å². The van der Waals surface area contributed by atoms with E-state index in [1.807, 2.05) is 30.3 Å². The molecule has 94 valence electrons. The van der Waals surface area contributed by atoms with Crippen LogP contribution < -0.4 is 11.1 Å². The lowest BCUT2D eigenvalue weighted by Crippen LogP contribution is -2.12. The molecule has 0 atom stereocenters. The standard InChI is InChI=1S/C12H14N4O2/c13-11(17)12-15-10(18-16-12)7-4-8-14-9-5-2-1-3-6-9/h1-3,5-6,14H,4,7-8H2,(H2,13,17). The van der Waals surface area contributed by atoms with E-state index in [0.29, 0.717) is 12.3 Å². The van der Waals surface area contributed by atoms with E-state index in [9.17, 15) is 4.79 Å². The second kappa shape index (κ2) is 5.81. The maximum Gasteiger partial charge on any atom is 0.290 e. The van der Waals surface area contributed by atoms with Crippen LogP contribution in [-0.2, 0) is 6.42 Å². The molecule has 0 aliphatic carbocycles. The first-order chi connectivity index (χ1) is 8.75. The van der Waals surface area contributed by atoms with E-state index < -0.39 is 5.91 Å². The molecule has 0 radical (unpaired) electrons. The highest BCUT2D eigenvalue weighted by Crippen LogP contribution is 2.06. The Morgan fingerprint density at radius 2 is 2.11 bits per heavy atom. The van der Waals surface area contributed by atoms with Gasteiger partial charge in [-0.1, -0.05) is 23.4 Å². The molecule has 0 spiro atoms. The molecule has 0 aliphatic heterocycles. The van der Waals surface area contributed by atoms with Crippen LogP contribution in [0.25, 0.3) is 0 Å². The van der Waals surface area contributed by atoms with Crippen LogP contribution in [0.15, 0.2) is 34.9 Å². The van der Waals surface area contributed by atoms with Gasteiger partial charge in [0.05, 0.1) is 0 Å². The minimum Gasteiger partial charge on any atom is -0.385 e. The zero-order valence-electron chi connectivity index (χ0n) is 9.80. The van der Waals surface area contributed by atoms with Crippen molar-refractivity contribution in [1.29, 1.82) is 0 Å². The maximum atomic E-state index is 10.8. The molecule has 0 bridgehead atoms. The number of carbonyl (C=O) groups is 1. The summed E-state index contributed by atoms with van der Waals surface area (Å²) in [4.78, 5) is 14.6. The Kier molecular flexibility index (Phi) is 3.90. The average molecular weight is 246 g/mol. The largest absolute Gasteiger partial charge is 0.385 e. The molecule has 1 aromatic heterocycles. The normalized spacial score (nSPS) is 10.2. The molecule has 1 heterocycles. The second-order valence-corrected chi connectivity index (χ2v) is 3.77. The fourth-order valence-corrected chi connectivity index (χ4v) is 1.48. The van der Waals surface area contributed by atoms with Crippen LogP contribution >= 0.6 is 0 Å². The van der Waals surface area contributed by atoms with Gasteiger partial charge in [-0.3, -0.25) is 4.79 Å². The molecule has 18 heavy (non-hydrogen) atoms. The summed E-state index contributed by atoms with van der Waals surface area (Å²) in [6, 6.07) is 9.91. The smallest absolute Gasteiger partial charge is 0.290 e. The van der Waals surface area contributed by atoms with Gasteiger partial charge in [-0.2, -0.15) is 4.98 Å². The number of amides is 1. The minimum atomic E-state index is -0.674. The summed E-state index contributed by atoms with van der Waals surface area (Å²) in [5, 5.41) is 6.73. The molecule has 0 saturated carbocycles. The van der Waals surface area contributed by atoms with Crippen LogP contribution in [0.2, 0.25) is 0 Å². The Labute approximate surface area is 104 Å². The molecule has 6 nitrogen and oxygen atoms in total. The van der Waals surface area contributed by atoms with Crippen LogP contribution in [0.4, 0.5) is 5.69 Å². The third-order valence-electron chi connectivity index (χ3n) is 2.36. The summed E-state index contributed by atoms with van der Waals surface area (Å²) in [6.45, 7) is 0.790. The quantitative estimate of drug-likeness (QED) is 0.747. The van der Waals surface area contributed by atoms with E-state index in [0.717, 1.165) is 18.7 Å². The Morgan fingerprint density at radius 3 is 2.78 bits per heavy atom. The second-order valence-electron chi connectivity index (χ2n) is 3.77. The highest BCUT2D eigenvalue weighted by molar-refractivity contribution is 5.88. The first-order valence-corrected chi connectivity index (χ1v) is 5.67. The molecule has 3 N–H and O–H groups in total. The van der Waals surface area contributed by atoms with Crippen LogP contribution in [0.3, 0.4) is 0 Å². The maximum absolute atomic E-state index is 10.8. The van der Waals surface area contributed by atoms with E-state index >= 15 is 0 Å². The zero-order valence-corrected chi connectivity index (χ0v) is 9.80. The Bertz CT molecular complexity index is 510. The Morgan fingerprint density at radius 1 is 1.33 bits per heavy atom. The lowest BCUT2D eigenvalue weighted by atomic mass is 10.3. The number of nitrogens with one attached hydrogen (secondary N) is 1. The van der Waals surface area contributed by atoms with Gasteiger partial charge in [-0.25, -0.2) is 0 Å². The number of rotatable bonds is 6. The van der Waals surface area contributed by atoms with Crippen molar-refractivity contribution in [3.8, 4) is 0 Å². The van der Waals surface area contributed by atoms with Gasteiger partial charge in [0.2, 0.25) is 5.89 Å². The van der Waals surface area contributed by atoms with Crippen molar-refractivity contribution >= 4 is 11.6 Å². The number of hydrogen-bond donors (Lipinski definition) is 2. The summed E-state index contributed by atoms with van der Waals surface area (Å²) >= 11 is 0. The first-order valence-electron chi connectivity index (χ1n) is 5.67. The number of aryl methyl sites for hydroxylation is 1. The van der Waals surface area contributed by atoms with Crippen LogP contribution in [0.1, 0.15) is 22.9 Å². The predicted molar refractivity (Wildman–Crippen MR) is 66.1 cm³/mol. The van der Waals surface area contributed by atoms with E-state index in [1.165, 1.54) is 0 Å². The summed E-state index contributed by atoms with van der Waals surface area (Å²) in [6.07, 6.45) is 1.44. The fraction of sp³-hybridized carbons (Fsp3) is 0.250. The Balaban J connectivity index is 1.73. The highest BCUT2D eigenvalue weighted by Gasteiger charge is 2.10. The number of anilines is 1. The molecule has 0 fully saturated rings. The number of primary amides is 1. The van der Waals surface area contributed by atoms with Crippen LogP contribution in [0.5, 0.6) is 0 Å². The summed E-state index contributed by atoms with van der Waals surface area (Å²) in [5.74, 6) is -0.313. The van der Waals surface area contributed by atoms with Gasteiger partial charge in [0.25, 0.3) is 11.7 Å². The number of para-hydroxylation sites is 1. The third kappa shape index (κ3) is 3.31. The summed E-state index contributed by atoms with van der Waals surface area (Å²) < 4.78 is 4.89. The van der Waals surface area contributed by atoms with E-state index in [-0.39, 0.29) is 5.82 Å². The van der Waals surface area contributed by atoms with Gasteiger partial charge in [0.1, 0.15) is 0 Å². The lowest BCUT2D eigenvalue weighted by Gasteiger charge is -2.03. The lowest BCUT2D eigenvalue weighted by molar-refractivity contribution is 0.0987. The third-order valence-corrected chi connectivity index (χ3v) is 2.36. The number of carbonyl (C=O) groups excluding carboxylic acids is 1. The highest BCUT2D eigenvalue weighted by atomic mass is 16.5. The van der Waals surface area contributed by atoms with Gasteiger partial charge in [0, 0.05) is 18.7 Å². The van der Waals surface area contributed by atoms with Crippen molar-refractivity contribution in [3.63, 3.8) is 0 Å². The molecule has 1 amide bonds. The summed E-state index contributed by atoms with van der Waals surface area (Å²) in [5.41, 5.74) is 6.09. The number of nitrogens with two attached hydrogens (primary N) is 1. The number of aromatic nitrogens is 2. The van der Waals surface area contributed by atoms with Crippen LogP contribution in [0, 0.1) is 0 Å². The van der Waals surface area contributed by atoms with Crippen LogP contribution in [-0.4, -0.2) is 22.6 Å². The molecule has 0 unspecified atom stereocenters. The SMILES string of the molecule is NC(=O)c1noc(CCCNc2ccccc2)n1. The monoisotopic (exact) mass is 246 g/mol. The number of hydrogen-bond acceptors (Lipinski definition) is 5. The molecule has 0 aliphatic rings. The minimum absolute atomic E-state index is 0.0685. The van der Waals surface area contributed by atoms with Gasteiger partial charge >= 0.3 is 0 Å². The van der Waals surface area contributed by atoms with E-state index in [4.69, 9.17) is 10.3 Å². The van der Waals surface area contributed by atoms with Crippen molar-refractivity contribution < 1.29 is 9.32 Å². The molecule has 1 aromatic carbocycles. The van der Waals surface area contributed by atoms with Crippen molar-refractivity contribution in [2.45, 2.75) is 12.8 Å². The number of nitrogens with zero attached hydrogens (tertiary/aromatic N) is 2. The van der Waals surface area contributed by atoms with Crippen molar-refractivity contribution in [3.05, 3.63) is 42.0 Å². The molecular weight excluding hydrogens is 232 g/mol. The number of benzene rings is 1. The topological polar surface area (TPSA) is 94.0 Å². The van der Waals surface area contributed by atoms with E-state index in [2.05, 4.69) is 15.5 Å². The molecule has 6 heteroatoms. The Hall–Kier alpha value is -2.37. The van der Waals surface area contributed by atoms with Gasteiger partial charge in [-0.05, 0) is 18.6 Å². The molecule has 0 saturated heterocycles. The first kappa shape index (κ1) is 12.1. The molecule has 2 aromatic rings. The molecular formula is C12H14N4O2.